The van der Waals surface area contributed by atoms with Crippen molar-refractivity contribution in [1.82, 2.24) is 5.32 Å². The van der Waals surface area contributed by atoms with E-state index in [0.29, 0.717) is 0 Å². The van der Waals surface area contributed by atoms with Gasteiger partial charge < -0.3 is 10.1 Å². The molecular weight excluding hydrogens is 216 g/mol. The molecule has 0 heterocycles. The number of halogens is 2. The lowest BCUT2D eigenvalue weighted by Gasteiger charge is -2.10. The second-order valence-electron chi connectivity index (χ2n) is 3.33. The van der Waals surface area contributed by atoms with Crippen LogP contribution in [0.4, 0.5) is 8.78 Å². The molecule has 1 atom stereocenters. The maximum Gasteiger partial charge on any atom is 0.249 e. The third-order valence-corrected chi connectivity index (χ3v) is 2.19. The van der Waals surface area contributed by atoms with Gasteiger partial charge in [-0.15, -0.1) is 0 Å². The Bertz CT molecular complexity index is 382. The summed E-state index contributed by atoms with van der Waals surface area (Å²) < 4.78 is 30.5. The molecule has 5 heteroatoms. The summed E-state index contributed by atoms with van der Waals surface area (Å²) in [5.74, 6) is -1.66. The minimum Gasteiger partial charge on any atom is -0.372 e. The summed E-state index contributed by atoms with van der Waals surface area (Å²) in [6.45, 7) is 1.59. The zero-order valence-electron chi connectivity index (χ0n) is 9.09. The Kier molecular flexibility index (Phi) is 4.37. The number of amides is 1. The predicted molar refractivity (Wildman–Crippen MR) is 54.7 cm³/mol. The van der Waals surface area contributed by atoms with Crippen molar-refractivity contribution in [1.29, 1.82) is 0 Å². The quantitative estimate of drug-likeness (QED) is 0.851. The maximum atomic E-state index is 13.2. The lowest BCUT2D eigenvalue weighted by molar-refractivity contribution is -0.130. The maximum absolute atomic E-state index is 13.2. The fourth-order valence-corrected chi connectivity index (χ4v) is 1.10. The van der Waals surface area contributed by atoms with Crippen molar-refractivity contribution in [3.63, 3.8) is 0 Å². The van der Waals surface area contributed by atoms with E-state index in [4.69, 9.17) is 4.74 Å². The van der Waals surface area contributed by atoms with Gasteiger partial charge in [0.1, 0.15) is 17.7 Å². The number of benzene rings is 1. The Labute approximate surface area is 92.4 Å². The van der Waals surface area contributed by atoms with Crippen molar-refractivity contribution in [2.24, 2.45) is 0 Å². The SMILES string of the molecule is COC(C)C(=O)NCc1ccc(F)cc1F. The van der Waals surface area contributed by atoms with Crippen LogP contribution in [0.2, 0.25) is 0 Å². The van der Waals surface area contributed by atoms with E-state index < -0.39 is 17.7 Å². The van der Waals surface area contributed by atoms with E-state index in [0.717, 1.165) is 12.1 Å². The largest absolute Gasteiger partial charge is 0.372 e. The van der Waals surface area contributed by atoms with E-state index >= 15 is 0 Å². The molecule has 88 valence electrons. The molecule has 1 N–H and O–H groups in total. The highest BCUT2D eigenvalue weighted by Crippen LogP contribution is 2.09. The van der Waals surface area contributed by atoms with Crippen LogP contribution < -0.4 is 5.32 Å². The normalized spacial score (nSPS) is 12.2. The molecule has 1 aromatic carbocycles. The molecule has 0 fully saturated rings. The third kappa shape index (κ3) is 3.27. The summed E-state index contributed by atoms with van der Waals surface area (Å²) >= 11 is 0. The number of rotatable bonds is 4. The van der Waals surface area contributed by atoms with Gasteiger partial charge in [-0.1, -0.05) is 6.07 Å². The van der Waals surface area contributed by atoms with Gasteiger partial charge in [0, 0.05) is 25.3 Å². The van der Waals surface area contributed by atoms with Crippen molar-refractivity contribution in [3.8, 4) is 0 Å². The molecule has 1 rings (SSSR count). The highest BCUT2D eigenvalue weighted by atomic mass is 19.1. The van der Waals surface area contributed by atoms with Crippen LogP contribution in [-0.2, 0) is 16.1 Å². The molecule has 0 bridgehead atoms. The summed E-state index contributed by atoms with van der Waals surface area (Å²) in [5.41, 5.74) is 0.234. The summed E-state index contributed by atoms with van der Waals surface area (Å²) in [5, 5.41) is 2.48. The molecule has 0 saturated heterocycles. The lowest BCUT2D eigenvalue weighted by Crippen LogP contribution is -2.33. The van der Waals surface area contributed by atoms with Crippen LogP contribution in [-0.4, -0.2) is 19.1 Å². The van der Waals surface area contributed by atoms with Crippen molar-refractivity contribution in [2.45, 2.75) is 19.6 Å². The van der Waals surface area contributed by atoms with Crippen LogP contribution in [0.1, 0.15) is 12.5 Å². The monoisotopic (exact) mass is 229 g/mol. The van der Waals surface area contributed by atoms with Crippen molar-refractivity contribution >= 4 is 5.91 Å². The molecule has 3 nitrogen and oxygen atoms in total. The number of carbonyl (C=O) groups is 1. The molecule has 1 aromatic rings. The lowest BCUT2D eigenvalue weighted by atomic mass is 10.2. The predicted octanol–water partition coefficient (Wildman–Crippen LogP) is 1.62. The van der Waals surface area contributed by atoms with Crippen LogP contribution >= 0.6 is 0 Å². The van der Waals surface area contributed by atoms with Crippen molar-refractivity contribution in [2.75, 3.05) is 7.11 Å². The Balaban J connectivity index is 2.58. The fraction of sp³-hybridized carbons (Fsp3) is 0.364. The van der Waals surface area contributed by atoms with Gasteiger partial charge in [-0.05, 0) is 13.0 Å². The number of nitrogens with one attached hydrogen (secondary N) is 1. The zero-order chi connectivity index (χ0) is 12.1. The first-order valence-electron chi connectivity index (χ1n) is 4.79. The Hall–Kier alpha value is -1.49. The molecule has 0 aliphatic carbocycles. The second-order valence-corrected chi connectivity index (χ2v) is 3.33. The molecule has 0 radical (unpaired) electrons. The average molecular weight is 229 g/mol. The molecule has 0 spiro atoms. The number of hydrogen-bond acceptors (Lipinski definition) is 2. The number of methoxy groups -OCH3 is 1. The van der Waals surface area contributed by atoms with Gasteiger partial charge in [-0.25, -0.2) is 8.78 Å². The van der Waals surface area contributed by atoms with Gasteiger partial charge in [0.25, 0.3) is 0 Å². The van der Waals surface area contributed by atoms with E-state index in [1.54, 1.807) is 6.92 Å². The van der Waals surface area contributed by atoms with Crippen LogP contribution in [0.25, 0.3) is 0 Å². The van der Waals surface area contributed by atoms with Gasteiger partial charge in [0.15, 0.2) is 0 Å². The minimum absolute atomic E-state index is 0.0125. The van der Waals surface area contributed by atoms with Gasteiger partial charge in [-0.3, -0.25) is 4.79 Å². The Morgan fingerprint density at radius 2 is 2.19 bits per heavy atom. The average Bonchev–Trinajstić information content (AvgIpc) is 2.26. The van der Waals surface area contributed by atoms with Crippen LogP contribution in [0.5, 0.6) is 0 Å². The molecule has 1 amide bonds. The van der Waals surface area contributed by atoms with E-state index in [1.165, 1.54) is 13.2 Å². The summed E-state index contributed by atoms with van der Waals surface area (Å²) in [7, 11) is 1.41. The van der Waals surface area contributed by atoms with Gasteiger partial charge >= 0.3 is 0 Å². The topological polar surface area (TPSA) is 38.3 Å². The van der Waals surface area contributed by atoms with Gasteiger partial charge in [-0.2, -0.15) is 0 Å². The first kappa shape index (κ1) is 12.6. The number of ether oxygens (including phenoxy) is 1. The zero-order valence-corrected chi connectivity index (χ0v) is 9.09. The first-order chi connectivity index (χ1) is 7.54. The van der Waals surface area contributed by atoms with E-state index in [-0.39, 0.29) is 18.0 Å². The smallest absolute Gasteiger partial charge is 0.249 e. The van der Waals surface area contributed by atoms with E-state index in [1.807, 2.05) is 0 Å². The van der Waals surface area contributed by atoms with E-state index in [2.05, 4.69) is 5.32 Å². The molecule has 0 aliphatic heterocycles. The minimum atomic E-state index is -0.676. The van der Waals surface area contributed by atoms with E-state index in [9.17, 15) is 13.6 Å². The standard InChI is InChI=1S/C11H13F2NO2/c1-7(16-2)11(15)14-6-8-3-4-9(12)5-10(8)13/h3-5,7H,6H2,1-2H3,(H,14,15). The van der Waals surface area contributed by atoms with Gasteiger partial charge in [0.2, 0.25) is 5.91 Å². The van der Waals surface area contributed by atoms with Gasteiger partial charge in [0.05, 0.1) is 0 Å². The molecule has 0 saturated carbocycles. The fourth-order valence-electron chi connectivity index (χ4n) is 1.10. The van der Waals surface area contributed by atoms with Crippen molar-refractivity contribution in [3.05, 3.63) is 35.4 Å². The molecular formula is C11H13F2NO2. The summed E-state index contributed by atoms with van der Waals surface area (Å²) in [6, 6.07) is 3.22. The molecule has 0 aromatic heterocycles. The number of carbonyl (C=O) groups excluding carboxylic acids is 1. The second kappa shape index (κ2) is 5.55. The number of hydrogen-bond donors (Lipinski definition) is 1. The highest BCUT2D eigenvalue weighted by molar-refractivity contribution is 5.80. The summed E-state index contributed by atoms with van der Waals surface area (Å²) in [4.78, 5) is 11.3. The molecule has 0 aliphatic rings. The third-order valence-electron chi connectivity index (χ3n) is 2.19. The van der Waals surface area contributed by atoms with Crippen LogP contribution in [0, 0.1) is 11.6 Å². The summed E-state index contributed by atoms with van der Waals surface area (Å²) in [6.07, 6.45) is -0.594. The first-order valence-corrected chi connectivity index (χ1v) is 4.79. The van der Waals surface area contributed by atoms with Crippen molar-refractivity contribution < 1.29 is 18.3 Å². The molecule has 1 unspecified atom stereocenters. The van der Waals surface area contributed by atoms with Crippen LogP contribution in [0.3, 0.4) is 0 Å². The Morgan fingerprint density at radius 3 is 2.75 bits per heavy atom. The van der Waals surface area contributed by atoms with Crippen LogP contribution in [0.15, 0.2) is 18.2 Å². The highest BCUT2D eigenvalue weighted by Gasteiger charge is 2.11. The molecule has 16 heavy (non-hydrogen) atoms. The Morgan fingerprint density at radius 1 is 1.50 bits per heavy atom.